The van der Waals surface area contributed by atoms with Crippen LogP contribution in [0.5, 0.6) is 5.75 Å². The zero-order valence-electron chi connectivity index (χ0n) is 12.1. The van der Waals surface area contributed by atoms with Crippen LogP contribution in [0, 0.1) is 10.1 Å². The molecule has 3 aromatic rings. The molecule has 1 N–H and O–H groups in total. The van der Waals surface area contributed by atoms with E-state index in [1.807, 2.05) is 22.2 Å². The summed E-state index contributed by atoms with van der Waals surface area (Å²) >= 11 is 1.49. The molecule has 8 nitrogen and oxygen atoms in total. The number of imidazole rings is 1. The second-order valence-electron chi connectivity index (χ2n) is 4.65. The van der Waals surface area contributed by atoms with Crippen LogP contribution in [-0.2, 0) is 6.54 Å². The molecule has 23 heavy (non-hydrogen) atoms. The number of nitrogens with zero attached hydrogens (tertiary/aromatic N) is 3. The third-order valence-corrected chi connectivity index (χ3v) is 3.98. The van der Waals surface area contributed by atoms with Crippen LogP contribution in [0.4, 0.5) is 5.69 Å². The fraction of sp³-hybridized carbons (Fsp3) is 0.143. The number of aromatic nitrogens is 2. The van der Waals surface area contributed by atoms with Gasteiger partial charge in [-0.25, -0.2) is 4.98 Å². The number of nitrogens with one attached hydrogen (secondary N) is 1. The van der Waals surface area contributed by atoms with Crippen molar-refractivity contribution in [1.82, 2.24) is 14.7 Å². The van der Waals surface area contributed by atoms with Gasteiger partial charge in [-0.15, -0.1) is 11.3 Å². The van der Waals surface area contributed by atoms with E-state index in [1.54, 1.807) is 0 Å². The summed E-state index contributed by atoms with van der Waals surface area (Å²) in [5.41, 5.74) is 0.649. The molecule has 0 radical (unpaired) electrons. The molecular formula is C14H12N4O4S. The molecule has 0 atom stereocenters. The molecule has 118 valence electrons. The average molecular weight is 332 g/mol. The third-order valence-electron chi connectivity index (χ3n) is 3.21. The molecule has 0 saturated carbocycles. The van der Waals surface area contributed by atoms with Gasteiger partial charge >= 0.3 is 0 Å². The second-order valence-corrected chi connectivity index (χ2v) is 5.52. The summed E-state index contributed by atoms with van der Waals surface area (Å²) < 4.78 is 6.95. The number of hydrogen-bond donors (Lipinski definition) is 1. The number of carbonyl (C=O) groups is 1. The number of non-ortho nitro benzene ring substituents is 1. The van der Waals surface area contributed by atoms with Crippen molar-refractivity contribution in [2.75, 3.05) is 7.11 Å². The summed E-state index contributed by atoms with van der Waals surface area (Å²) in [6.07, 6.45) is 3.69. The minimum atomic E-state index is -0.556. The average Bonchev–Trinajstić information content (AvgIpc) is 3.13. The lowest BCUT2D eigenvalue weighted by atomic mass is 10.1. The van der Waals surface area contributed by atoms with Gasteiger partial charge in [0.15, 0.2) is 4.96 Å². The van der Waals surface area contributed by atoms with Crippen LogP contribution >= 0.6 is 11.3 Å². The van der Waals surface area contributed by atoms with Crippen LogP contribution in [-0.4, -0.2) is 27.3 Å². The summed E-state index contributed by atoms with van der Waals surface area (Å²) in [5, 5.41) is 15.5. The fourth-order valence-corrected chi connectivity index (χ4v) is 2.83. The largest absolute Gasteiger partial charge is 0.496 e. The van der Waals surface area contributed by atoms with Crippen molar-refractivity contribution >= 4 is 27.9 Å². The van der Waals surface area contributed by atoms with Crippen LogP contribution in [0.15, 0.2) is 36.0 Å². The Labute approximate surface area is 134 Å². The Morgan fingerprint density at radius 2 is 2.35 bits per heavy atom. The summed E-state index contributed by atoms with van der Waals surface area (Å²) in [4.78, 5) is 27.8. The fourth-order valence-electron chi connectivity index (χ4n) is 2.11. The zero-order chi connectivity index (χ0) is 16.4. The van der Waals surface area contributed by atoms with E-state index in [2.05, 4.69) is 10.3 Å². The first-order valence-electron chi connectivity index (χ1n) is 6.60. The van der Waals surface area contributed by atoms with Gasteiger partial charge in [0.05, 0.1) is 29.8 Å². The second kappa shape index (κ2) is 6.05. The van der Waals surface area contributed by atoms with E-state index in [-0.39, 0.29) is 23.5 Å². The molecule has 1 aromatic carbocycles. The number of carbonyl (C=O) groups excluding carboxylic acids is 1. The van der Waals surface area contributed by atoms with Gasteiger partial charge in [-0.3, -0.25) is 19.3 Å². The molecule has 3 rings (SSSR count). The zero-order valence-corrected chi connectivity index (χ0v) is 12.9. The Hall–Kier alpha value is -2.94. The number of fused-ring (bicyclic) bond motifs is 1. The van der Waals surface area contributed by atoms with Crippen LogP contribution < -0.4 is 10.1 Å². The van der Waals surface area contributed by atoms with E-state index >= 15 is 0 Å². The molecule has 0 aliphatic carbocycles. The van der Waals surface area contributed by atoms with Gasteiger partial charge in [0.1, 0.15) is 5.75 Å². The highest BCUT2D eigenvalue weighted by molar-refractivity contribution is 7.15. The first-order chi connectivity index (χ1) is 11.1. The molecule has 0 aliphatic heterocycles. The number of rotatable bonds is 5. The van der Waals surface area contributed by atoms with Gasteiger partial charge in [0.25, 0.3) is 11.6 Å². The van der Waals surface area contributed by atoms with E-state index in [1.165, 1.54) is 36.6 Å². The van der Waals surface area contributed by atoms with E-state index in [0.717, 1.165) is 4.96 Å². The monoisotopic (exact) mass is 332 g/mol. The first-order valence-corrected chi connectivity index (χ1v) is 7.48. The summed E-state index contributed by atoms with van der Waals surface area (Å²) in [5.74, 6) is -0.180. The molecule has 0 fully saturated rings. The smallest absolute Gasteiger partial charge is 0.270 e. The van der Waals surface area contributed by atoms with Gasteiger partial charge in [-0.05, 0) is 6.07 Å². The molecule has 9 heteroatoms. The van der Waals surface area contributed by atoms with Gasteiger partial charge in [-0.1, -0.05) is 0 Å². The normalized spacial score (nSPS) is 10.7. The van der Waals surface area contributed by atoms with Crippen molar-refractivity contribution in [3.05, 3.63) is 57.3 Å². The van der Waals surface area contributed by atoms with Crippen LogP contribution in [0.1, 0.15) is 16.1 Å². The van der Waals surface area contributed by atoms with Crippen LogP contribution in [0.3, 0.4) is 0 Å². The molecule has 0 saturated heterocycles. The topological polar surface area (TPSA) is 98.8 Å². The number of ether oxygens (including phenoxy) is 1. The lowest BCUT2D eigenvalue weighted by Crippen LogP contribution is -2.23. The number of hydrogen-bond acceptors (Lipinski definition) is 6. The number of amides is 1. The highest BCUT2D eigenvalue weighted by atomic mass is 32.1. The predicted octanol–water partition coefficient (Wildman–Crippen LogP) is 2.24. The predicted molar refractivity (Wildman–Crippen MR) is 83.9 cm³/mol. The van der Waals surface area contributed by atoms with Gasteiger partial charge in [-0.2, -0.15) is 0 Å². The summed E-state index contributed by atoms with van der Waals surface area (Å²) in [6, 6.07) is 3.89. The SMILES string of the molecule is COc1ccc([N+](=O)[O-])cc1C(=O)NCc1cn2ccsc2n1. The molecule has 2 aromatic heterocycles. The molecule has 0 spiro atoms. The number of thiazole rings is 1. The third kappa shape index (κ3) is 2.99. The van der Waals surface area contributed by atoms with E-state index < -0.39 is 10.8 Å². The van der Waals surface area contributed by atoms with Crippen LogP contribution in [0.25, 0.3) is 4.96 Å². The van der Waals surface area contributed by atoms with E-state index in [0.29, 0.717) is 5.69 Å². The molecular weight excluding hydrogens is 320 g/mol. The molecule has 0 bridgehead atoms. The summed E-state index contributed by atoms with van der Waals surface area (Å²) in [7, 11) is 1.40. The molecule has 0 unspecified atom stereocenters. The lowest BCUT2D eigenvalue weighted by molar-refractivity contribution is -0.384. The Bertz CT molecular complexity index is 857. The number of nitro benzene ring substituents is 1. The van der Waals surface area contributed by atoms with E-state index in [9.17, 15) is 14.9 Å². The van der Waals surface area contributed by atoms with Gasteiger partial charge in [0.2, 0.25) is 0 Å². The Balaban J connectivity index is 1.78. The molecule has 1 amide bonds. The highest BCUT2D eigenvalue weighted by Crippen LogP contribution is 2.24. The standard InChI is InChI=1S/C14H12N4O4S/c1-22-12-3-2-10(18(20)21)6-11(12)13(19)15-7-9-8-17-4-5-23-14(17)16-9/h2-6,8H,7H2,1H3,(H,15,19). The maximum Gasteiger partial charge on any atom is 0.270 e. The van der Waals surface area contributed by atoms with E-state index in [4.69, 9.17) is 4.74 Å². The molecule has 0 aliphatic rings. The minimum Gasteiger partial charge on any atom is -0.496 e. The number of nitro groups is 1. The van der Waals surface area contributed by atoms with Crippen molar-refractivity contribution in [1.29, 1.82) is 0 Å². The number of benzene rings is 1. The first kappa shape index (κ1) is 15.0. The van der Waals surface area contributed by atoms with Crippen molar-refractivity contribution in [2.45, 2.75) is 6.54 Å². The van der Waals surface area contributed by atoms with Crippen LogP contribution in [0.2, 0.25) is 0 Å². The van der Waals surface area contributed by atoms with Crippen molar-refractivity contribution in [3.8, 4) is 5.75 Å². The maximum atomic E-state index is 12.3. The van der Waals surface area contributed by atoms with Crippen molar-refractivity contribution in [3.63, 3.8) is 0 Å². The Kier molecular flexibility index (Phi) is 3.94. The Morgan fingerprint density at radius 3 is 3.04 bits per heavy atom. The maximum absolute atomic E-state index is 12.3. The summed E-state index contributed by atoms with van der Waals surface area (Å²) in [6.45, 7) is 0.221. The van der Waals surface area contributed by atoms with Crippen molar-refractivity contribution in [2.24, 2.45) is 0 Å². The Morgan fingerprint density at radius 1 is 1.52 bits per heavy atom. The molecule has 2 heterocycles. The number of methoxy groups -OCH3 is 1. The minimum absolute atomic E-state index is 0.114. The lowest BCUT2D eigenvalue weighted by Gasteiger charge is -2.08. The quantitative estimate of drug-likeness (QED) is 0.570. The highest BCUT2D eigenvalue weighted by Gasteiger charge is 2.17. The van der Waals surface area contributed by atoms with Crippen molar-refractivity contribution < 1.29 is 14.5 Å². The van der Waals surface area contributed by atoms with Gasteiger partial charge < -0.3 is 10.1 Å². The van der Waals surface area contributed by atoms with Gasteiger partial charge in [0, 0.05) is 29.9 Å².